The van der Waals surface area contributed by atoms with Crippen LogP contribution in [0.3, 0.4) is 0 Å². The van der Waals surface area contributed by atoms with Gasteiger partial charge in [-0.25, -0.2) is 16.8 Å². The molecule has 0 atom stereocenters. The van der Waals surface area contributed by atoms with Crippen molar-refractivity contribution in [2.75, 3.05) is 9.44 Å². The van der Waals surface area contributed by atoms with Crippen molar-refractivity contribution >= 4 is 54.0 Å². The molecule has 0 radical (unpaired) electrons. The highest BCUT2D eigenvalue weighted by atomic mass is 127. The van der Waals surface area contributed by atoms with Crippen LogP contribution in [0.1, 0.15) is 5.56 Å². The molecular formula is C19H17IN2O4S2. The SMILES string of the molecule is Cc1ccc(S(=O)(=O)Nc2cccc(S(=O)(=O)Nc3ccc(I)cc3)c2)cc1. The molecule has 3 aromatic carbocycles. The fourth-order valence-corrected chi connectivity index (χ4v) is 4.90. The summed E-state index contributed by atoms with van der Waals surface area (Å²) < 4.78 is 56.2. The van der Waals surface area contributed by atoms with E-state index < -0.39 is 20.0 Å². The summed E-state index contributed by atoms with van der Waals surface area (Å²) in [5.41, 5.74) is 1.52. The summed E-state index contributed by atoms with van der Waals surface area (Å²) >= 11 is 2.13. The number of halogens is 1. The smallest absolute Gasteiger partial charge is 0.261 e. The van der Waals surface area contributed by atoms with Gasteiger partial charge in [-0.3, -0.25) is 9.44 Å². The van der Waals surface area contributed by atoms with E-state index in [1.54, 1.807) is 36.4 Å². The molecule has 9 heteroatoms. The van der Waals surface area contributed by atoms with E-state index in [9.17, 15) is 16.8 Å². The van der Waals surface area contributed by atoms with E-state index in [4.69, 9.17) is 0 Å². The molecule has 2 N–H and O–H groups in total. The molecule has 0 saturated carbocycles. The summed E-state index contributed by atoms with van der Waals surface area (Å²) in [6.07, 6.45) is 0. The van der Waals surface area contributed by atoms with Crippen molar-refractivity contribution in [3.8, 4) is 0 Å². The molecule has 0 spiro atoms. The van der Waals surface area contributed by atoms with Gasteiger partial charge in [-0.15, -0.1) is 0 Å². The van der Waals surface area contributed by atoms with E-state index >= 15 is 0 Å². The van der Waals surface area contributed by atoms with Crippen molar-refractivity contribution in [1.29, 1.82) is 0 Å². The Morgan fingerprint density at radius 2 is 1.25 bits per heavy atom. The lowest BCUT2D eigenvalue weighted by atomic mass is 10.2. The highest BCUT2D eigenvalue weighted by Gasteiger charge is 2.18. The fraction of sp³-hybridized carbons (Fsp3) is 0.0526. The van der Waals surface area contributed by atoms with Gasteiger partial charge in [-0.2, -0.15) is 0 Å². The van der Waals surface area contributed by atoms with Crippen LogP contribution in [0, 0.1) is 10.5 Å². The number of sulfonamides is 2. The van der Waals surface area contributed by atoms with Gasteiger partial charge in [-0.1, -0.05) is 23.8 Å². The van der Waals surface area contributed by atoms with Crippen molar-refractivity contribution in [3.63, 3.8) is 0 Å². The molecule has 3 rings (SSSR count). The van der Waals surface area contributed by atoms with Crippen molar-refractivity contribution < 1.29 is 16.8 Å². The first kappa shape index (κ1) is 20.6. The Morgan fingerprint density at radius 1 is 0.679 bits per heavy atom. The maximum absolute atomic E-state index is 12.6. The Kier molecular flexibility index (Phi) is 5.96. The van der Waals surface area contributed by atoms with Crippen LogP contribution in [-0.4, -0.2) is 16.8 Å². The number of hydrogen-bond donors (Lipinski definition) is 2. The largest absolute Gasteiger partial charge is 0.280 e. The molecule has 6 nitrogen and oxygen atoms in total. The van der Waals surface area contributed by atoms with E-state index in [1.807, 2.05) is 6.92 Å². The van der Waals surface area contributed by atoms with Crippen LogP contribution in [0.2, 0.25) is 0 Å². The van der Waals surface area contributed by atoms with Crippen LogP contribution in [0.5, 0.6) is 0 Å². The molecule has 0 aromatic heterocycles. The molecule has 0 saturated heterocycles. The van der Waals surface area contributed by atoms with E-state index in [0.29, 0.717) is 5.69 Å². The number of anilines is 2. The second-order valence-corrected chi connectivity index (χ2v) is 10.7. The third-order valence-electron chi connectivity index (χ3n) is 3.82. The summed E-state index contributed by atoms with van der Waals surface area (Å²) in [5.74, 6) is 0. The lowest BCUT2D eigenvalue weighted by Gasteiger charge is -2.11. The van der Waals surface area contributed by atoms with Gasteiger partial charge in [0, 0.05) is 9.26 Å². The van der Waals surface area contributed by atoms with Crippen LogP contribution >= 0.6 is 22.6 Å². The van der Waals surface area contributed by atoms with Crippen LogP contribution in [0.15, 0.2) is 82.6 Å². The van der Waals surface area contributed by atoms with Crippen LogP contribution < -0.4 is 9.44 Å². The van der Waals surface area contributed by atoms with Crippen molar-refractivity contribution in [1.82, 2.24) is 0 Å². The van der Waals surface area contributed by atoms with Crippen LogP contribution in [-0.2, 0) is 20.0 Å². The minimum atomic E-state index is -3.86. The second kappa shape index (κ2) is 8.10. The van der Waals surface area contributed by atoms with Gasteiger partial charge in [0.25, 0.3) is 20.0 Å². The zero-order valence-corrected chi connectivity index (χ0v) is 18.5. The number of aryl methyl sites for hydroxylation is 1. The molecule has 0 aliphatic heterocycles. The zero-order valence-electron chi connectivity index (χ0n) is 14.8. The summed E-state index contributed by atoms with van der Waals surface area (Å²) in [7, 11) is -7.68. The quantitative estimate of drug-likeness (QED) is 0.470. The number of rotatable bonds is 6. The second-order valence-electron chi connectivity index (χ2n) is 6.06. The standard InChI is InChI=1S/C19H17IN2O4S2/c1-14-5-11-18(12-6-14)27(23,24)22-17-3-2-4-19(13-17)28(25,26)21-16-9-7-15(20)8-10-16/h2-13,21-22H,1H3. The maximum atomic E-state index is 12.6. The highest BCUT2D eigenvalue weighted by molar-refractivity contribution is 14.1. The van der Waals surface area contributed by atoms with Crippen LogP contribution in [0.25, 0.3) is 0 Å². The van der Waals surface area contributed by atoms with E-state index in [1.165, 1.54) is 36.4 Å². The normalized spacial score (nSPS) is 11.8. The molecule has 0 fully saturated rings. The summed E-state index contributed by atoms with van der Waals surface area (Å²) in [4.78, 5) is 0.0542. The Morgan fingerprint density at radius 3 is 1.89 bits per heavy atom. The maximum Gasteiger partial charge on any atom is 0.261 e. The third kappa shape index (κ3) is 5.03. The Hall–Kier alpha value is -2.11. The predicted octanol–water partition coefficient (Wildman–Crippen LogP) is 4.20. The number of hydrogen-bond acceptors (Lipinski definition) is 4. The first-order valence-electron chi connectivity index (χ1n) is 8.14. The Balaban J connectivity index is 1.85. The molecule has 0 bridgehead atoms. The molecule has 0 amide bonds. The lowest BCUT2D eigenvalue weighted by molar-refractivity contribution is 0.598. The van der Waals surface area contributed by atoms with Gasteiger partial charge >= 0.3 is 0 Å². The minimum Gasteiger partial charge on any atom is -0.280 e. The van der Waals surface area contributed by atoms with E-state index in [2.05, 4.69) is 32.0 Å². The molecule has 0 heterocycles. The Labute approximate surface area is 178 Å². The van der Waals surface area contributed by atoms with Crippen LogP contribution in [0.4, 0.5) is 11.4 Å². The summed E-state index contributed by atoms with van der Waals surface area (Å²) in [6.45, 7) is 1.86. The summed E-state index contributed by atoms with van der Waals surface area (Å²) in [6, 6.07) is 18.9. The Bertz CT molecular complexity index is 1190. The van der Waals surface area contributed by atoms with Crippen molar-refractivity contribution in [3.05, 3.63) is 81.9 Å². The molecule has 0 aliphatic carbocycles. The van der Waals surface area contributed by atoms with Gasteiger partial charge in [0.15, 0.2) is 0 Å². The third-order valence-corrected chi connectivity index (χ3v) is 7.32. The fourth-order valence-electron chi connectivity index (χ4n) is 2.39. The zero-order chi connectivity index (χ0) is 20.4. The summed E-state index contributed by atoms with van der Waals surface area (Å²) in [5, 5.41) is 0. The molecular weight excluding hydrogens is 511 g/mol. The van der Waals surface area contributed by atoms with Gasteiger partial charge in [0.05, 0.1) is 15.5 Å². The van der Waals surface area contributed by atoms with E-state index in [0.717, 1.165) is 9.13 Å². The van der Waals surface area contributed by atoms with E-state index in [-0.39, 0.29) is 15.5 Å². The molecule has 0 unspecified atom stereocenters. The first-order chi connectivity index (χ1) is 13.2. The van der Waals surface area contributed by atoms with Gasteiger partial charge in [-0.05, 0) is 84.1 Å². The predicted molar refractivity (Wildman–Crippen MR) is 118 cm³/mol. The average molecular weight is 528 g/mol. The molecule has 146 valence electrons. The number of benzene rings is 3. The average Bonchev–Trinajstić information content (AvgIpc) is 2.64. The lowest BCUT2D eigenvalue weighted by Crippen LogP contribution is -2.15. The first-order valence-corrected chi connectivity index (χ1v) is 12.2. The van der Waals surface area contributed by atoms with Gasteiger partial charge in [0.2, 0.25) is 0 Å². The molecule has 28 heavy (non-hydrogen) atoms. The molecule has 3 aromatic rings. The van der Waals surface area contributed by atoms with Crippen molar-refractivity contribution in [2.45, 2.75) is 16.7 Å². The van der Waals surface area contributed by atoms with Gasteiger partial charge in [0.1, 0.15) is 0 Å². The van der Waals surface area contributed by atoms with Gasteiger partial charge < -0.3 is 0 Å². The molecule has 0 aliphatic rings. The van der Waals surface area contributed by atoms with Crippen molar-refractivity contribution in [2.24, 2.45) is 0 Å². The number of nitrogens with one attached hydrogen (secondary N) is 2. The monoisotopic (exact) mass is 528 g/mol. The minimum absolute atomic E-state index is 0.0462. The highest BCUT2D eigenvalue weighted by Crippen LogP contribution is 2.22. The topological polar surface area (TPSA) is 92.3 Å².